The zero-order valence-electron chi connectivity index (χ0n) is 20.8. The van der Waals surface area contributed by atoms with Gasteiger partial charge in [0.2, 0.25) is 0 Å². The zero-order chi connectivity index (χ0) is 25.7. The highest BCUT2D eigenvalue weighted by Crippen LogP contribution is 2.40. The van der Waals surface area contributed by atoms with Gasteiger partial charge in [0.05, 0.1) is 11.6 Å². The molecule has 6 rings (SSSR count). The minimum Gasteiger partial charge on any atom is -0.381 e. The number of hydrogen-bond acceptors (Lipinski definition) is 7. The molecule has 5 heterocycles. The van der Waals surface area contributed by atoms with Gasteiger partial charge in [0, 0.05) is 61.0 Å². The van der Waals surface area contributed by atoms with E-state index in [9.17, 15) is 4.79 Å². The van der Waals surface area contributed by atoms with Crippen LogP contribution in [0.1, 0.15) is 47.9 Å². The third-order valence-corrected chi connectivity index (χ3v) is 8.47. The maximum absolute atomic E-state index is 15.3. The van der Waals surface area contributed by atoms with Gasteiger partial charge in [-0.1, -0.05) is 11.6 Å². The fourth-order valence-corrected chi connectivity index (χ4v) is 6.32. The van der Waals surface area contributed by atoms with Crippen LogP contribution in [0.25, 0.3) is 11.0 Å². The smallest absolute Gasteiger partial charge is 0.272 e. The van der Waals surface area contributed by atoms with Crippen molar-refractivity contribution in [1.82, 2.24) is 25.1 Å². The standard InChI is InChI=1S/C26H31ClFN7O2/c1-2-34-11-18(27)17-10-21(32-33-23(17)34)25(36)30-16-4-5-20-15(8-16)9-19(28)24(31-20)35-12-22(29)26(13-35)6-3-7-37-14-26/h9-11,16,22H,2-8,12-14,29H2,1H3,(H,30,36). The number of halogens is 2. The van der Waals surface area contributed by atoms with E-state index in [1.165, 1.54) is 0 Å². The Kier molecular flexibility index (Phi) is 6.29. The van der Waals surface area contributed by atoms with Crippen molar-refractivity contribution in [1.29, 1.82) is 0 Å². The van der Waals surface area contributed by atoms with Gasteiger partial charge in [0.15, 0.2) is 23.0 Å². The lowest BCUT2D eigenvalue weighted by molar-refractivity contribution is -0.00346. The fraction of sp³-hybridized carbons (Fsp3) is 0.538. The Morgan fingerprint density at radius 2 is 2.24 bits per heavy atom. The quantitative estimate of drug-likeness (QED) is 0.536. The number of aryl methyl sites for hydroxylation is 2. The van der Waals surface area contributed by atoms with E-state index in [0.29, 0.717) is 67.4 Å². The van der Waals surface area contributed by atoms with Crippen LogP contribution in [0.4, 0.5) is 10.2 Å². The maximum Gasteiger partial charge on any atom is 0.272 e. The highest BCUT2D eigenvalue weighted by molar-refractivity contribution is 6.35. The largest absolute Gasteiger partial charge is 0.381 e. The van der Waals surface area contributed by atoms with Crippen LogP contribution < -0.4 is 16.0 Å². The van der Waals surface area contributed by atoms with Gasteiger partial charge in [0.25, 0.3) is 5.91 Å². The van der Waals surface area contributed by atoms with Crippen molar-refractivity contribution in [3.63, 3.8) is 0 Å². The SMILES string of the molecule is CCn1cc(Cl)c2cc(C(=O)NC3CCc4nc(N5CC(N)C6(CCCOC6)C5)c(F)cc4C3)nnc21. The average Bonchev–Trinajstić information content (AvgIpc) is 3.39. The van der Waals surface area contributed by atoms with Crippen LogP contribution in [0.15, 0.2) is 18.3 Å². The second-order valence-corrected chi connectivity index (χ2v) is 11.0. The number of carbonyl (C=O) groups excluding carboxylic acids is 1. The number of nitrogens with one attached hydrogen (secondary N) is 1. The number of anilines is 1. The molecule has 1 aliphatic carbocycles. The van der Waals surface area contributed by atoms with Gasteiger partial charge >= 0.3 is 0 Å². The van der Waals surface area contributed by atoms with Crippen LogP contribution in [-0.2, 0) is 24.1 Å². The molecule has 2 saturated heterocycles. The van der Waals surface area contributed by atoms with Gasteiger partial charge in [-0.05, 0) is 56.7 Å². The van der Waals surface area contributed by atoms with E-state index in [1.54, 1.807) is 18.3 Å². The predicted octanol–water partition coefficient (Wildman–Crippen LogP) is 2.87. The van der Waals surface area contributed by atoms with Crippen molar-refractivity contribution in [2.45, 2.75) is 57.7 Å². The molecular formula is C26H31ClFN7O2. The lowest BCUT2D eigenvalue weighted by Gasteiger charge is -2.36. The number of nitrogens with zero attached hydrogens (tertiary/aromatic N) is 5. The first-order valence-electron chi connectivity index (χ1n) is 13.0. The summed E-state index contributed by atoms with van der Waals surface area (Å²) in [5.41, 5.74) is 8.91. The summed E-state index contributed by atoms with van der Waals surface area (Å²) in [5.74, 6) is -0.295. The molecule has 1 spiro atoms. The Morgan fingerprint density at radius 3 is 3.03 bits per heavy atom. The summed E-state index contributed by atoms with van der Waals surface area (Å²) in [4.78, 5) is 19.7. The van der Waals surface area contributed by atoms with Crippen molar-refractivity contribution >= 4 is 34.4 Å². The molecule has 196 valence electrons. The molecule has 3 aliphatic rings. The topological polar surface area (TPSA) is 111 Å². The molecular weight excluding hydrogens is 497 g/mol. The molecule has 9 nitrogen and oxygen atoms in total. The number of hydrogen-bond donors (Lipinski definition) is 2. The summed E-state index contributed by atoms with van der Waals surface area (Å²) >= 11 is 6.33. The van der Waals surface area contributed by atoms with Crippen molar-refractivity contribution < 1.29 is 13.9 Å². The molecule has 0 saturated carbocycles. The van der Waals surface area contributed by atoms with Crippen LogP contribution in [0, 0.1) is 11.2 Å². The van der Waals surface area contributed by atoms with E-state index >= 15 is 4.39 Å². The molecule has 0 radical (unpaired) electrons. The van der Waals surface area contributed by atoms with Crippen LogP contribution in [-0.4, -0.2) is 64.0 Å². The number of ether oxygens (including phenoxy) is 1. The number of carbonyl (C=O) groups is 1. The Hall–Kier alpha value is -2.82. The molecule has 3 N–H and O–H groups in total. The number of nitrogens with two attached hydrogens (primary N) is 1. The molecule has 11 heteroatoms. The third kappa shape index (κ3) is 4.34. The molecule has 3 aromatic heterocycles. The number of pyridine rings is 1. The number of aromatic nitrogens is 4. The molecule has 37 heavy (non-hydrogen) atoms. The summed E-state index contributed by atoms with van der Waals surface area (Å²) in [6.07, 6.45) is 5.62. The second kappa shape index (κ2) is 9.49. The Labute approximate surface area is 219 Å². The summed E-state index contributed by atoms with van der Waals surface area (Å²) in [6, 6.07) is 3.02. The van der Waals surface area contributed by atoms with E-state index in [-0.39, 0.29) is 34.9 Å². The van der Waals surface area contributed by atoms with E-state index in [2.05, 4.69) is 15.5 Å². The molecule has 2 aliphatic heterocycles. The van der Waals surface area contributed by atoms with Crippen molar-refractivity contribution in [2.24, 2.45) is 11.1 Å². The molecule has 0 aromatic carbocycles. The van der Waals surface area contributed by atoms with Crippen LogP contribution in [0.5, 0.6) is 0 Å². The van der Waals surface area contributed by atoms with Crippen LogP contribution in [0.3, 0.4) is 0 Å². The van der Waals surface area contributed by atoms with Crippen molar-refractivity contribution in [3.8, 4) is 0 Å². The number of amides is 1. The Bertz CT molecular complexity index is 1360. The second-order valence-electron chi connectivity index (χ2n) is 10.5. The summed E-state index contributed by atoms with van der Waals surface area (Å²) in [6.45, 7) is 5.30. The molecule has 3 aromatic rings. The van der Waals surface area contributed by atoms with Gasteiger partial charge in [0.1, 0.15) is 0 Å². The van der Waals surface area contributed by atoms with E-state index in [1.807, 2.05) is 16.4 Å². The molecule has 2 fully saturated rings. The highest BCUT2D eigenvalue weighted by Gasteiger charge is 2.47. The van der Waals surface area contributed by atoms with Gasteiger partial charge < -0.3 is 25.3 Å². The van der Waals surface area contributed by atoms with Gasteiger partial charge in [-0.2, -0.15) is 0 Å². The first-order chi connectivity index (χ1) is 17.9. The lowest BCUT2D eigenvalue weighted by Crippen LogP contribution is -2.46. The summed E-state index contributed by atoms with van der Waals surface area (Å²) in [5, 5.41) is 12.6. The number of fused-ring (bicyclic) bond motifs is 2. The van der Waals surface area contributed by atoms with E-state index in [4.69, 9.17) is 27.1 Å². The minimum atomic E-state index is -0.349. The van der Waals surface area contributed by atoms with E-state index < -0.39 is 0 Å². The average molecular weight is 528 g/mol. The Morgan fingerprint density at radius 1 is 1.38 bits per heavy atom. The maximum atomic E-state index is 15.3. The molecule has 1 amide bonds. The zero-order valence-corrected chi connectivity index (χ0v) is 21.6. The third-order valence-electron chi connectivity index (χ3n) is 8.17. The number of rotatable bonds is 4. The molecule has 3 unspecified atom stereocenters. The fourth-order valence-electron chi connectivity index (χ4n) is 6.07. The summed E-state index contributed by atoms with van der Waals surface area (Å²) in [7, 11) is 0. The Balaban J connectivity index is 1.16. The van der Waals surface area contributed by atoms with Gasteiger partial charge in [-0.3, -0.25) is 4.79 Å². The monoisotopic (exact) mass is 527 g/mol. The minimum absolute atomic E-state index is 0.0673. The highest BCUT2D eigenvalue weighted by atomic mass is 35.5. The van der Waals surface area contributed by atoms with Crippen LogP contribution in [0.2, 0.25) is 5.02 Å². The van der Waals surface area contributed by atoms with Crippen molar-refractivity contribution in [2.75, 3.05) is 31.2 Å². The van der Waals surface area contributed by atoms with Crippen LogP contribution >= 0.6 is 11.6 Å². The van der Waals surface area contributed by atoms with Gasteiger partial charge in [-0.25, -0.2) is 9.37 Å². The molecule has 3 atom stereocenters. The lowest BCUT2D eigenvalue weighted by atomic mass is 9.79. The van der Waals surface area contributed by atoms with E-state index in [0.717, 1.165) is 30.7 Å². The predicted molar refractivity (Wildman–Crippen MR) is 138 cm³/mol. The summed E-state index contributed by atoms with van der Waals surface area (Å²) < 4.78 is 22.9. The first-order valence-corrected chi connectivity index (χ1v) is 13.3. The normalized spacial score (nSPS) is 25.6. The van der Waals surface area contributed by atoms with Gasteiger partial charge in [-0.15, -0.1) is 10.2 Å². The van der Waals surface area contributed by atoms with Crippen molar-refractivity contribution in [3.05, 3.63) is 46.1 Å². The molecule has 0 bridgehead atoms. The first kappa shape index (κ1) is 24.5.